The molecule has 1 N–H and O–H groups in total. The number of hydrogen-bond acceptors (Lipinski definition) is 8. The lowest BCUT2D eigenvalue weighted by atomic mass is 9.78. The maximum atomic E-state index is 10.9. The van der Waals surface area contributed by atoms with Crippen molar-refractivity contribution in [3.63, 3.8) is 0 Å². The molecule has 8 heteroatoms. The maximum Gasteiger partial charge on any atom is 0.158 e. The van der Waals surface area contributed by atoms with Crippen LogP contribution in [0.25, 0.3) is 0 Å². The Morgan fingerprint density at radius 1 is 0.722 bits per heavy atom. The SMILES string of the molecule is CC(=O)C(C)C(C)C(C)C.CC(C)C(C)C(C)C(C)O.CC(C)CC1OC(C)CCC1C(C)CC=O.CCCCCCOC1CCC(C)(C)O1.CCOC1C(C)CCCC1C.COC1CCC(C(C)C)CC1. The van der Waals surface area contributed by atoms with Gasteiger partial charge in [0.25, 0.3) is 0 Å². The van der Waals surface area contributed by atoms with Gasteiger partial charge in [-0.3, -0.25) is 4.79 Å². The summed E-state index contributed by atoms with van der Waals surface area (Å²) in [6, 6.07) is 0. The number of aliphatic hydroxyl groups excluding tert-OH is 1. The molecule has 0 aromatic carbocycles. The fourth-order valence-electron chi connectivity index (χ4n) is 10.7. The van der Waals surface area contributed by atoms with Crippen molar-refractivity contribution < 1.29 is 38.4 Å². The maximum absolute atomic E-state index is 10.9. The van der Waals surface area contributed by atoms with Crippen molar-refractivity contribution in [2.45, 2.75) is 304 Å². The van der Waals surface area contributed by atoms with E-state index in [0.29, 0.717) is 84.0 Å². The van der Waals surface area contributed by atoms with Crippen molar-refractivity contribution in [1.29, 1.82) is 0 Å². The van der Waals surface area contributed by atoms with Gasteiger partial charge in [0, 0.05) is 39.1 Å². The molecule has 2 saturated carbocycles. The second-order valence-corrected chi connectivity index (χ2v) is 25.5. The molecule has 2 saturated heterocycles. The van der Waals surface area contributed by atoms with Crippen LogP contribution in [-0.4, -0.2) is 79.9 Å². The van der Waals surface area contributed by atoms with Crippen LogP contribution in [0.1, 0.15) is 261 Å². The number of hydrogen-bond donors (Lipinski definition) is 1. The predicted molar refractivity (Wildman–Crippen MR) is 309 cm³/mol. The molecular formula is C64H128O8. The van der Waals surface area contributed by atoms with Crippen LogP contribution in [0.2, 0.25) is 0 Å². The monoisotopic (exact) mass is 1020 g/mol. The molecule has 2 aliphatic heterocycles. The second kappa shape index (κ2) is 41.2. The molecule has 8 nitrogen and oxygen atoms in total. The number of Topliss-reactive ketones (excluding diaryl/α,β-unsaturated/α-hetero) is 1. The summed E-state index contributed by atoms with van der Waals surface area (Å²) in [5.41, 5.74) is 0.0358. The fourth-order valence-corrected chi connectivity index (χ4v) is 10.7. The summed E-state index contributed by atoms with van der Waals surface area (Å²) >= 11 is 0. The summed E-state index contributed by atoms with van der Waals surface area (Å²) in [5.74, 6) is 8.44. The Bertz CT molecular complexity index is 1250. The lowest BCUT2D eigenvalue weighted by molar-refractivity contribution is -0.158. The van der Waals surface area contributed by atoms with Crippen molar-refractivity contribution >= 4 is 12.1 Å². The van der Waals surface area contributed by atoms with Gasteiger partial charge in [0.05, 0.1) is 36.1 Å². The first-order chi connectivity index (χ1) is 33.6. The minimum absolute atomic E-state index is 0.0358. The van der Waals surface area contributed by atoms with Crippen LogP contribution in [0.15, 0.2) is 0 Å². The van der Waals surface area contributed by atoms with E-state index in [-0.39, 0.29) is 23.9 Å². The smallest absolute Gasteiger partial charge is 0.158 e. The van der Waals surface area contributed by atoms with Crippen LogP contribution in [0.5, 0.6) is 0 Å². The highest BCUT2D eigenvalue weighted by molar-refractivity contribution is 5.78. The van der Waals surface area contributed by atoms with Gasteiger partial charge >= 0.3 is 0 Å². The van der Waals surface area contributed by atoms with Crippen LogP contribution in [0.4, 0.5) is 0 Å². The Morgan fingerprint density at radius 3 is 1.68 bits per heavy atom. The van der Waals surface area contributed by atoms with E-state index in [1.807, 2.05) is 21.0 Å². The largest absolute Gasteiger partial charge is 0.393 e. The molecule has 12 unspecified atom stereocenters. The Labute approximate surface area is 449 Å². The molecule has 0 aromatic heterocycles. The molecule has 0 aromatic rings. The van der Waals surface area contributed by atoms with Gasteiger partial charge in [-0.15, -0.1) is 0 Å². The highest BCUT2D eigenvalue weighted by atomic mass is 16.7. The quantitative estimate of drug-likeness (QED) is 0.0896. The second-order valence-electron chi connectivity index (χ2n) is 25.5. The van der Waals surface area contributed by atoms with Gasteiger partial charge in [-0.1, -0.05) is 136 Å². The van der Waals surface area contributed by atoms with Gasteiger partial charge < -0.3 is 33.6 Å². The summed E-state index contributed by atoms with van der Waals surface area (Å²) in [6.45, 7) is 49.1. The van der Waals surface area contributed by atoms with Gasteiger partial charge in [0.15, 0.2) is 6.29 Å². The van der Waals surface area contributed by atoms with Crippen LogP contribution >= 0.6 is 0 Å². The van der Waals surface area contributed by atoms with E-state index in [1.165, 1.54) is 77.0 Å². The lowest BCUT2D eigenvalue weighted by Crippen LogP contribution is -2.38. The molecule has 2 heterocycles. The first-order valence-electron chi connectivity index (χ1n) is 30.3. The first-order valence-corrected chi connectivity index (χ1v) is 30.3. The number of ether oxygens (including phenoxy) is 5. The number of rotatable bonds is 21. The number of methoxy groups -OCH3 is 1. The number of carbonyl (C=O) groups excluding carboxylic acids is 2. The number of aliphatic hydroxyl groups is 1. The van der Waals surface area contributed by atoms with Gasteiger partial charge in [0.2, 0.25) is 0 Å². The van der Waals surface area contributed by atoms with Crippen molar-refractivity contribution in [3.8, 4) is 0 Å². The van der Waals surface area contributed by atoms with Gasteiger partial charge in [0.1, 0.15) is 12.1 Å². The lowest BCUT2D eigenvalue weighted by Gasteiger charge is -2.39. The van der Waals surface area contributed by atoms with E-state index in [1.54, 1.807) is 6.92 Å². The standard InChI is InChI=1S/C14H26O2.C12H24O2.2C10H20O.C9H20O.C9H18O/c1-10(2)9-14-13(11(3)7-8-15)6-5-12(4)16-14;1-4-5-6-7-10-13-11-8-9-12(2,3)14-11;1-8(2)9-4-6-10(11-3)7-5-9;1-4-11-10-8(2)6-5-7-9(10)3;2*1-6(2)7(3)8(4)9(5)10/h8,10-14H,5-7,9H2,1-4H3;11H,4-10H2,1-3H3;2*8-10H,4-7H2,1-3H3;6-10H,1-5H3;6-8H,1-5H3. The molecule has 0 radical (unpaired) electrons. The molecule has 0 spiro atoms. The van der Waals surface area contributed by atoms with Gasteiger partial charge in [-0.2, -0.15) is 0 Å². The Hall–Kier alpha value is -0.900. The van der Waals surface area contributed by atoms with E-state index in [0.717, 1.165) is 68.9 Å². The molecule has 0 amide bonds. The van der Waals surface area contributed by atoms with Crippen LogP contribution in [-0.2, 0) is 33.3 Å². The molecule has 0 bridgehead atoms. The van der Waals surface area contributed by atoms with E-state index < -0.39 is 0 Å². The first kappa shape index (κ1) is 73.2. The summed E-state index contributed by atoms with van der Waals surface area (Å²) in [5, 5.41) is 9.24. The molecule has 12 atom stereocenters. The van der Waals surface area contributed by atoms with Crippen LogP contribution in [0.3, 0.4) is 0 Å². The zero-order valence-corrected chi connectivity index (χ0v) is 52.3. The third-order valence-electron chi connectivity index (χ3n) is 17.3. The van der Waals surface area contributed by atoms with Gasteiger partial charge in [-0.05, 0) is 183 Å². The third-order valence-corrected chi connectivity index (χ3v) is 17.3. The summed E-state index contributed by atoms with van der Waals surface area (Å²) in [4.78, 5) is 21.5. The molecule has 72 heavy (non-hydrogen) atoms. The van der Waals surface area contributed by atoms with Crippen LogP contribution in [0, 0.1) is 76.9 Å². The molecule has 4 aliphatic rings. The Balaban J connectivity index is 0. The number of unbranched alkanes of at least 4 members (excludes halogenated alkanes) is 3. The van der Waals surface area contributed by atoms with Crippen molar-refractivity contribution in [2.24, 2.45) is 76.9 Å². The summed E-state index contributed by atoms with van der Waals surface area (Å²) in [7, 11) is 1.83. The van der Waals surface area contributed by atoms with E-state index >= 15 is 0 Å². The Kier molecular flexibility index (Phi) is 41.9. The van der Waals surface area contributed by atoms with Gasteiger partial charge in [-0.25, -0.2) is 0 Å². The van der Waals surface area contributed by atoms with Crippen LogP contribution < -0.4 is 0 Å². The third kappa shape index (κ3) is 33.3. The molecule has 2 aliphatic carbocycles. The normalized spacial score (nSPS) is 28.4. The van der Waals surface area contributed by atoms with Crippen molar-refractivity contribution in [2.75, 3.05) is 20.3 Å². The molecular weight excluding hydrogens is 897 g/mol. The number of carbonyl (C=O) groups is 2. The summed E-state index contributed by atoms with van der Waals surface area (Å²) < 4.78 is 28.5. The summed E-state index contributed by atoms with van der Waals surface area (Å²) in [6.07, 6.45) is 23.6. The molecule has 4 fully saturated rings. The topological polar surface area (TPSA) is 101 Å². The zero-order valence-electron chi connectivity index (χ0n) is 52.3. The fraction of sp³-hybridized carbons (Fsp3) is 0.969. The zero-order chi connectivity index (χ0) is 55.7. The number of ketones is 1. The van der Waals surface area contributed by atoms with Crippen molar-refractivity contribution in [1.82, 2.24) is 0 Å². The minimum atomic E-state index is -0.169. The minimum Gasteiger partial charge on any atom is -0.393 e. The van der Waals surface area contributed by atoms with E-state index in [9.17, 15) is 14.7 Å². The van der Waals surface area contributed by atoms with Crippen molar-refractivity contribution in [3.05, 3.63) is 0 Å². The molecule has 432 valence electrons. The average molecular weight is 1030 g/mol. The highest BCUT2D eigenvalue weighted by Crippen LogP contribution is 2.36. The Morgan fingerprint density at radius 2 is 1.29 bits per heavy atom. The average Bonchev–Trinajstić information content (AvgIpc) is 3.67. The highest BCUT2D eigenvalue weighted by Gasteiger charge is 2.34. The van der Waals surface area contributed by atoms with E-state index in [2.05, 4.69) is 132 Å². The predicted octanol–water partition coefficient (Wildman–Crippen LogP) is 17.4. The number of aldehydes is 1. The molecule has 4 rings (SSSR count). The van der Waals surface area contributed by atoms with E-state index in [4.69, 9.17) is 23.7 Å².